The lowest BCUT2D eigenvalue weighted by Gasteiger charge is -2.35. The molecule has 3 aromatic carbocycles. The van der Waals surface area contributed by atoms with Crippen LogP contribution in [-0.4, -0.2) is 26.2 Å². The van der Waals surface area contributed by atoms with Gasteiger partial charge in [-0.05, 0) is 62.9 Å². The Morgan fingerprint density at radius 1 is 0.974 bits per heavy atom. The first-order valence-corrected chi connectivity index (χ1v) is 13.4. The van der Waals surface area contributed by atoms with E-state index in [1.807, 2.05) is 100 Å². The molecule has 4 aromatic rings. The van der Waals surface area contributed by atoms with E-state index < -0.39 is 11.6 Å². The molecular formula is C33H38N2O4. The van der Waals surface area contributed by atoms with Crippen molar-refractivity contribution in [1.82, 2.24) is 9.47 Å². The Hall–Kier alpha value is -4.06. The van der Waals surface area contributed by atoms with Crippen LogP contribution in [0.1, 0.15) is 51.4 Å². The van der Waals surface area contributed by atoms with E-state index >= 15 is 0 Å². The number of amides is 1. The average molecular weight is 527 g/mol. The fourth-order valence-electron chi connectivity index (χ4n) is 4.81. The van der Waals surface area contributed by atoms with E-state index in [2.05, 4.69) is 13.8 Å². The summed E-state index contributed by atoms with van der Waals surface area (Å²) in [4.78, 5) is 27.8. The molecule has 0 aliphatic heterocycles. The number of hydrogen-bond donors (Lipinski definition) is 1. The van der Waals surface area contributed by atoms with Crippen molar-refractivity contribution >= 4 is 16.9 Å². The van der Waals surface area contributed by atoms with Crippen LogP contribution in [0, 0.1) is 12.8 Å². The zero-order valence-corrected chi connectivity index (χ0v) is 23.7. The molecular weight excluding hydrogens is 488 g/mol. The van der Waals surface area contributed by atoms with Gasteiger partial charge in [-0.2, -0.15) is 0 Å². The highest BCUT2D eigenvalue weighted by Crippen LogP contribution is 2.35. The maximum absolute atomic E-state index is 14.0. The van der Waals surface area contributed by atoms with Crippen molar-refractivity contribution in [3.8, 4) is 16.9 Å². The van der Waals surface area contributed by atoms with Crippen LogP contribution in [-0.2, 0) is 19.7 Å². The molecule has 204 valence electrons. The Balaban J connectivity index is 1.99. The van der Waals surface area contributed by atoms with Crippen LogP contribution >= 0.6 is 0 Å². The molecule has 1 heterocycles. The number of ether oxygens (including phenoxy) is 1. The van der Waals surface area contributed by atoms with Gasteiger partial charge in [0.25, 0.3) is 5.56 Å². The van der Waals surface area contributed by atoms with Crippen LogP contribution in [0.5, 0.6) is 5.75 Å². The predicted molar refractivity (Wildman–Crippen MR) is 157 cm³/mol. The van der Waals surface area contributed by atoms with Crippen LogP contribution in [0.3, 0.4) is 0 Å². The fraction of sp³-hybridized carbons (Fsp3) is 0.333. The van der Waals surface area contributed by atoms with E-state index in [4.69, 9.17) is 4.74 Å². The number of nitrogens with zero attached hydrogens (tertiary/aromatic N) is 2. The highest BCUT2D eigenvalue weighted by molar-refractivity contribution is 5.98. The van der Waals surface area contributed by atoms with Crippen LogP contribution in [0.25, 0.3) is 21.9 Å². The lowest BCUT2D eigenvalue weighted by Crippen LogP contribution is -2.45. The number of pyridine rings is 1. The number of aryl methyl sites for hydroxylation is 1. The summed E-state index contributed by atoms with van der Waals surface area (Å²) in [5.74, 6) is 0.837. The first-order valence-electron chi connectivity index (χ1n) is 13.4. The molecule has 0 aliphatic rings. The highest BCUT2D eigenvalue weighted by Gasteiger charge is 2.30. The van der Waals surface area contributed by atoms with Crippen molar-refractivity contribution in [3.63, 3.8) is 0 Å². The number of aromatic nitrogens is 1. The third kappa shape index (κ3) is 6.33. The van der Waals surface area contributed by atoms with Gasteiger partial charge in [0.2, 0.25) is 0 Å². The monoisotopic (exact) mass is 526 g/mol. The second kappa shape index (κ2) is 11.4. The molecule has 0 aliphatic carbocycles. The smallest absolute Gasteiger partial charge is 0.408 e. The lowest BCUT2D eigenvalue weighted by atomic mass is 9.94. The molecule has 0 spiro atoms. The number of fused-ring (bicyclic) bond motifs is 1. The molecule has 0 unspecified atom stereocenters. The summed E-state index contributed by atoms with van der Waals surface area (Å²) >= 11 is 0. The minimum Gasteiger partial charge on any atom is -0.489 e. The highest BCUT2D eigenvalue weighted by atomic mass is 16.5. The Bertz CT molecular complexity index is 1510. The van der Waals surface area contributed by atoms with Crippen LogP contribution in [0.2, 0.25) is 0 Å². The Kier molecular flexibility index (Phi) is 8.14. The molecule has 6 nitrogen and oxygen atoms in total. The van der Waals surface area contributed by atoms with Gasteiger partial charge in [0.15, 0.2) is 0 Å². The molecule has 6 heteroatoms. The average Bonchev–Trinajstić information content (AvgIpc) is 2.88. The minimum atomic E-state index is -1.03. The van der Waals surface area contributed by atoms with Gasteiger partial charge in [0.1, 0.15) is 12.4 Å². The number of hydrogen-bond acceptors (Lipinski definition) is 3. The largest absolute Gasteiger partial charge is 0.489 e. The van der Waals surface area contributed by atoms with E-state index in [1.165, 1.54) is 4.90 Å². The van der Waals surface area contributed by atoms with Crippen molar-refractivity contribution in [3.05, 3.63) is 100.0 Å². The van der Waals surface area contributed by atoms with Crippen LogP contribution in [0.15, 0.2) is 77.6 Å². The van der Waals surface area contributed by atoms with Gasteiger partial charge in [-0.15, -0.1) is 0 Å². The summed E-state index contributed by atoms with van der Waals surface area (Å²) < 4.78 is 7.92. The molecule has 4 rings (SSSR count). The molecule has 0 saturated heterocycles. The quantitative estimate of drug-likeness (QED) is 0.258. The van der Waals surface area contributed by atoms with Gasteiger partial charge in [-0.25, -0.2) is 4.79 Å². The van der Waals surface area contributed by atoms with Gasteiger partial charge < -0.3 is 14.4 Å². The van der Waals surface area contributed by atoms with E-state index in [-0.39, 0.29) is 18.0 Å². The molecule has 0 fully saturated rings. The van der Waals surface area contributed by atoms with Crippen LogP contribution < -0.4 is 10.3 Å². The normalized spacial score (nSPS) is 11.7. The lowest BCUT2D eigenvalue weighted by molar-refractivity contribution is 0.0937. The molecule has 0 saturated carbocycles. The Morgan fingerprint density at radius 2 is 1.64 bits per heavy atom. The molecule has 0 bridgehead atoms. The van der Waals surface area contributed by atoms with E-state index in [1.54, 1.807) is 4.57 Å². The van der Waals surface area contributed by atoms with Gasteiger partial charge in [-0.1, -0.05) is 74.0 Å². The zero-order valence-electron chi connectivity index (χ0n) is 23.7. The topological polar surface area (TPSA) is 71.8 Å². The standard InChI is InChI=1S/C33H38N2O4/c1-22(2)19-34-29(20-35(32(37)38)33(4,5)6)30(25-14-12-23(3)13-15-25)28-18-26(16-17-27(28)31(34)36)39-21-24-10-8-7-9-11-24/h7-18,22H,19-21H2,1-6H3,(H,37,38). The summed E-state index contributed by atoms with van der Waals surface area (Å²) in [6.07, 6.45) is -1.03. The molecule has 1 N–H and O–H groups in total. The molecule has 1 aromatic heterocycles. The Labute approximate surface area is 230 Å². The number of carbonyl (C=O) groups is 1. The number of rotatable bonds is 8. The van der Waals surface area contributed by atoms with Crippen molar-refractivity contribution in [2.75, 3.05) is 0 Å². The van der Waals surface area contributed by atoms with E-state index in [9.17, 15) is 14.7 Å². The van der Waals surface area contributed by atoms with Crippen LogP contribution in [0.4, 0.5) is 4.79 Å². The van der Waals surface area contributed by atoms with E-state index in [0.717, 1.165) is 27.6 Å². The van der Waals surface area contributed by atoms with Gasteiger partial charge in [0, 0.05) is 34.1 Å². The summed E-state index contributed by atoms with van der Waals surface area (Å²) in [7, 11) is 0. The van der Waals surface area contributed by atoms with Gasteiger partial charge in [-0.3, -0.25) is 9.69 Å². The maximum atomic E-state index is 14.0. The molecule has 0 radical (unpaired) electrons. The van der Waals surface area contributed by atoms with Crippen molar-refractivity contribution in [2.45, 2.75) is 66.8 Å². The summed E-state index contributed by atoms with van der Waals surface area (Å²) in [6.45, 7) is 12.7. The minimum absolute atomic E-state index is 0.0784. The number of benzene rings is 3. The Morgan fingerprint density at radius 3 is 2.23 bits per heavy atom. The maximum Gasteiger partial charge on any atom is 0.408 e. The fourth-order valence-corrected chi connectivity index (χ4v) is 4.81. The molecule has 0 atom stereocenters. The zero-order chi connectivity index (χ0) is 28.3. The van der Waals surface area contributed by atoms with E-state index in [0.29, 0.717) is 30.0 Å². The first kappa shape index (κ1) is 28.0. The van der Waals surface area contributed by atoms with Crippen molar-refractivity contribution in [2.24, 2.45) is 5.92 Å². The summed E-state index contributed by atoms with van der Waals surface area (Å²) in [5, 5.41) is 11.5. The van der Waals surface area contributed by atoms with Crippen molar-refractivity contribution in [1.29, 1.82) is 0 Å². The second-order valence-corrected chi connectivity index (χ2v) is 11.5. The SMILES string of the molecule is Cc1ccc(-c2c(CN(C(=O)O)C(C)(C)C)n(CC(C)C)c(=O)c3ccc(OCc4ccccc4)cc23)cc1. The summed E-state index contributed by atoms with van der Waals surface area (Å²) in [5.41, 5.74) is 3.84. The van der Waals surface area contributed by atoms with Crippen molar-refractivity contribution < 1.29 is 14.6 Å². The number of carboxylic acid groups (broad SMARTS) is 1. The third-order valence-electron chi connectivity index (χ3n) is 6.84. The molecule has 1 amide bonds. The first-order chi connectivity index (χ1) is 18.5. The predicted octanol–water partition coefficient (Wildman–Crippen LogP) is 7.49. The molecule has 39 heavy (non-hydrogen) atoms. The van der Waals surface area contributed by atoms with Gasteiger partial charge >= 0.3 is 6.09 Å². The summed E-state index contributed by atoms with van der Waals surface area (Å²) in [6, 6.07) is 23.7. The third-order valence-corrected chi connectivity index (χ3v) is 6.84. The van der Waals surface area contributed by atoms with Gasteiger partial charge in [0.05, 0.1) is 6.54 Å². The second-order valence-electron chi connectivity index (χ2n) is 11.5.